The maximum absolute atomic E-state index is 13.1. The topological polar surface area (TPSA) is 9.23 Å². The summed E-state index contributed by atoms with van der Waals surface area (Å²) in [7, 11) is 0. The molecule has 0 bridgehead atoms. The standard InChI is InChI=1S/C9H9FO/c1-6-5-11-8-4-2-3-7(10)9(6)8/h2-4,6H,5H2,1H3. The molecule has 2 rings (SSSR count). The van der Waals surface area contributed by atoms with Gasteiger partial charge in [-0.3, -0.25) is 0 Å². The average molecular weight is 152 g/mol. The van der Waals surface area contributed by atoms with Crippen LogP contribution in [0.15, 0.2) is 18.2 Å². The van der Waals surface area contributed by atoms with Crippen LogP contribution in [-0.4, -0.2) is 6.61 Å². The Morgan fingerprint density at radius 3 is 3.09 bits per heavy atom. The summed E-state index contributed by atoms with van der Waals surface area (Å²) >= 11 is 0. The second-order valence-electron chi connectivity index (χ2n) is 2.86. The zero-order valence-corrected chi connectivity index (χ0v) is 6.30. The van der Waals surface area contributed by atoms with E-state index in [1.807, 2.05) is 13.0 Å². The Morgan fingerprint density at radius 1 is 1.55 bits per heavy atom. The third-order valence-corrected chi connectivity index (χ3v) is 1.99. The molecule has 1 atom stereocenters. The van der Waals surface area contributed by atoms with E-state index >= 15 is 0 Å². The summed E-state index contributed by atoms with van der Waals surface area (Å²) in [4.78, 5) is 0. The van der Waals surface area contributed by atoms with Crippen LogP contribution >= 0.6 is 0 Å². The first kappa shape index (κ1) is 6.65. The molecular weight excluding hydrogens is 143 g/mol. The molecule has 1 heterocycles. The highest BCUT2D eigenvalue weighted by atomic mass is 19.1. The molecule has 0 spiro atoms. The van der Waals surface area contributed by atoms with Crippen LogP contribution in [0.4, 0.5) is 4.39 Å². The second kappa shape index (κ2) is 2.22. The van der Waals surface area contributed by atoms with Crippen molar-refractivity contribution in [1.82, 2.24) is 0 Å². The monoisotopic (exact) mass is 152 g/mol. The maximum atomic E-state index is 13.1. The van der Waals surface area contributed by atoms with E-state index in [1.165, 1.54) is 6.07 Å². The average Bonchev–Trinajstić information content (AvgIpc) is 2.34. The van der Waals surface area contributed by atoms with Crippen molar-refractivity contribution in [2.45, 2.75) is 12.8 Å². The van der Waals surface area contributed by atoms with E-state index in [4.69, 9.17) is 4.74 Å². The van der Waals surface area contributed by atoms with Crippen molar-refractivity contribution in [3.63, 3.8) is 0 Å². The Kier molecular flexibility index (Phi) is 1.34. The molecule has 1 aliphatic heterocycles. The molecule has 11 heavy (non-hydrogen) atoms. The van der Waals surface area contributed by atoms with Gasteiger partial charge in [0.15, 0.2) is 0 Å². The van der Waals surface area contributed by atoms with Gasteiger partial charge >= 0.3 is 0 Å². The first-order chi connectivity index (χ1) is 5.29. The molecule has 0 radical (unpaired) electrons. The second-order valence-corrected chi connectivity index (χ2v) is 2.86. The highest BCUT2D eigenvalue weighted by Gasteiger charge is 2.22. The number of hydrogen-bond acceptors (Lipinski definition) is 1. The summed E-state index contributed by atoms with van der Waals surface area (Å²) < 4.78 is 18.3. The molecule has 1 aromatic carbocycles. The van der Waals surface area contributed by atoms with Crippen molar-refractivity contribution in [2.24, 2.45) is 0 Å². The lowest BCUT2D eigenvalue weighted by Crippen LogP contribution is -1.95. The van der Waals surface area contributed by atoms with E-state index in [0.717, 1.165) is 5.56 Å². The smallest absolute Gasteiger partial charge is 0.130 e. The van der Waals surface area contributed by atoms with Gasteiger partial charge in [-0.05, 0) is 12.1 Å². The predicted molar refractivity (Wildman–Crippen MR) is 40.3 cm³/mol. The van der Waals surface area contributed by atoms with E-state index < -0.39 is 0 Å². The largest absolute Gasteiger partial charge is 0.493 e. The zero-order valence-electron chi connectivity index (χ0n) is 6.30. The van der Waals surface area contributed by atoms with Gasteiger partial charge in [0.1, 0.15) is 11.6 Å². The van der Waals surface area contributed by atoms with Gasteiger partial charge in [0, 0.05) is 11.5 Å². The van der Waals surface area contributed by atoms with Gasteiger partial charge in [0.2, 0.25) is 0 Å². The van der Waals surface area contributed by atoms with Gasteiger partial charge in [-0.25, -0.2) is 4.39 Å². The van der Waals surface area contributed by atoms with Gasteiger partial charge in [0.05, 0.1) is 6.61 Å². The van der Waals surface area contributed by atoms with E-state index in [-0.39, 0.29) is 11.7 Å². The van der Waals surface area contributed by atoms with Crippen molar-refractivity contribution in [1.29, 1.82) is 0 Å². The molecular formula is C9H9FO. The molecule has 1 unspecified atom stereocenters. The summed E-state index contributed by atoms with van der Waals surface area (Å²) in [5, 5.41) is 0. The summed E-state index contributed by atoms with van der Waals surface area (Å²) in [6.45, 7) is 2.57. The van der Waals surface area contributed by atoms with Crippen molar-refractivity contribution in [3.05, 3.63) is 29.6 Å². The normalized spacial score (nSPS) is 21.1. The lowest BCUT2D eigenvalue weighted by atomic mass is 10.0. The van der Waals surface area contributed by atoms with Gasteiger partial charge in [-0.1, -0.05) is 13.0 Å². The molecule has 1 aliphatic rings. The number of fused-ring (bicyclic) bond motifs is 1. The highest BCUT2D eigenvalue weighted by molar-refractivity contribution is 5.40. The summed E-state index contributed by atoms with van der Waals surface area (Å²) in [6.07, 6.45) is 0. The quantitative estimate of drug-likeness (QED) is 0.554. The van der Waals surface area contributed by atoms with E-state index in [9.17, 15) is 4.39 Å². The Balaban J connectivity index is 2.58. The fraction of sp³-hybridized carbons (Fsp3) is 0.333. The third-order valence-electron chi connectivity index (χ3n) is 1.99. The number of hydrogen-bond donors (Lipinski definition) is 0. The van der Waals surface area contributed by atoms with Crippen LogP contribution in [0.2, 0.25) is 0 Å². The Bertz CT molecular complexity index is 283. The fourth-order valence-corrected chi connectivity index (χ4v) is 1.42. The third kappa shape index (κ3) is 0.897. The molecule has 0 saturated heterocycles. The molecule has 1 nitrogen and oxygen atoms in total. The van der Waals surface area contributed by atoms with E-state index in [1.54, 1.807) is 6.07 Å². The Morgan fingerprint density at radius 2 is 2.36 bits per heavy atom. The fourth-order valence-electron chi connectivity index (χ4n) is 1.42. The molecule has 0 saturated carbocycles. The molecule has 1 aromatic rings. The SMILES string of the molecule is CC1COc2cccc(F)c21. The van der Waals surface area contributed by atoms with Crippen LogP contribution in [0.5, 0.6) is 5.75 Å². The molecule has 0 aliphatic carbocycles. The summed E-state index contributed by atoms with van der Waals surface area (Å²) in [5.41, 5.74) is 0.729. The summed E-state index contributed by atoms with van der Waals surface area (Å²) in [5.74, 6) is 0.760. The minimum absolute atomic E-state index is 0.146. The van der Waals surface area contributed by atoms with Crippen LogP contribution in [0.1, 0.15) is 18.4 Å². The first-order valence-corrected chi connectivity index (χ1v) is 3.70. The minimum Gasteiger partial charge on any atom is -0.493 e. The van der Waals surface area contributed by atoms with Gasteiger partial charge in [-0.15, -0.1) is 0 Å². The van der Waals surface area contributed by atoms with Gasteiger partial charge < -0.3 is 4.74 Å². The number of rotatable bonds is 0. The van der Waals surface area contributed by atoms with E-state index in [2.05, 4.69) is 0 Å². The minimum atomic E-state index is -0.146. The lowest BCUT2D eigenvalue weighted by Gasteiger charge is -2.00. The lowest BCUT2D eigenvalue weighted by molar-refractivity contribution is 0.337. The Labute approximate surface area is 64.8 Å². The zero-order chi connectivity index (χ0) is 7.84. The molecule has 0 amide bonds. The van der Waals surface area contributed by atoms with Crippen molar-refractivity contribution >= 4 is 0 Å². The van der Waals surface area contributed by atoms with Gasteiger partial charge in [-0.2, -0.15) is 0 Å². The predicted octanol–water partition coefficient (Wildman–Crippen LogP) is 2.32. The Hall–Kier alpha value is -1.05. The van der Waals surface area contributed by atoms with E-state index in [0.29, 0.717) is 12.4 Å². The number of benzene rings is 1. The van der Waals surface area contributed by atoms with Crippen LogP contribution in [0.25, 0.3) is 0 Å². The number of ether oxygens (including phenoxy) is 1. The van der Waals surface area contributed by atoms with Crippen LogP contribution in [-0.2, 0) is 0 Å². The summed E-state index contributed by atoms with van der Waals surface area (Å²) in [6, 6.07) is 4.96. The van der Waals surface area contributed by atoms with Gasteiger partial charge in [0.25, 0.3) is 0 Å². The molecule has 0 N–H and O–H groups in total. The first-order valence-electron chi connectivity index (χ1n) is 3.70. The maximum Gasteiger partial charge on any atom is 0.130 e. The number of halogens is 1. The highest BCUT2D eigenvalue weighted by Crippen LogP contribution is 2.34. The van der Waals surface area contributed by atoms with Crippen molar-refractivity contribution < 1.29 is 9.13 Å². The van der Waals surface area contributed by atoms with Crippen LogP contribution in [0.3, 0.4) is 0 Å². The van der Waals surface area contributed by atoms with Crippen LogP contribution < -0.4 is 4.74 Å². The van der Waals surface area contributed by atoms with Crippen molar-refractivity contribution in [3.8, 4) is 5.75 Å². The molecule has 58 valence electrons. The molecule has 0 aromatic heterocycles. The van der Waals surface area contributed by atoms with Crippen LogP contribution in [0, 0.1) is 5.82 Å². The van der Waals surface area contributed by atoms with Crippen molar-refractivity contribution in [2.75, 3.05) is 6.61 Å². The molecule has 0 fully saturated rings. The molecule has 2 heteroatoms.